The molecule has 1 unspecified atom stereocenters. The van der Waals surface area contributed by atoms with Gasteiger partial charge in [0.05, 0.1) is 7.11 Å². The Kier molecular flexibility index (Phi) is 4.51. The van der Waals surface area contributed by atoms with Crippen LogP contribution < -0.4 is 10.1 Å². The highest BCUT2D eigenvalue weighted by atomic mass is 16.5. The van der Waals surface area contributed by atoms with Gasteiger partial charge in [-0.05, 0) is 42.9 Å². The van der Waals surface area contributed by atoms with Crippen LogP contribution in [0.3, 0.4) is 0 Å². The van der Waals surface area contributed by atoms with Gasteiger partial charge in [-0.2, -0.15) is 0 Å². The molecule has 1 aromatic rings. The Morgan fingerprint density at radius 2 is 2.11 bits per heavy atom. The van der Waals surface area contributed by atoms with Crippen LogP contribution in [0.2, 0.25) is 0 Å². The lowest BCUT2D eigenvalue weighted by Gasteiger charge is -2.41. The van der Waals surface area contributed by atoms with Crippen molar-refractivity contribution in [2.45, 2.75) is 58.5 Å². The SMILES string of the molecule is COc1cccc([C@H](C)NC2CCCCC2(C)C)c1. The van der Waals surface area contributed by atoms with Crippen LogP contribution in [-0.4, -0.2) is 13.2 Å². The Balaban J connectivity index is 2.05. The summed E-state index contributed by atoms with van der Waals surface area (Å²) >= 11 is 0. The maximum Gasteiger partial charge on any atom is 0.119 e. The molecule has 0 aromatic heterocycles. The van der Waals surface area contributed by atoms with Crippen LogP contribution in [0.15, 0.2) is 24.3 Å². The highest BCUT2D eigenvalue weighted by Crippen LogP contribution is 2.36. The molecule has 2 nitrogen and oxygen atoms in total. The fourth-order valence-electron chi connectivity index (χ4n) is 3.11. The minimum Gasteiger partial charge on any atom is -0.497 e. The average molecular weight is 261 g/mol. The van der Waals surface area contributed by atoms with Crippen molar-refractivity contribution in [3.05, 3.63) is 29.8 Å². The summed E-state index contributed by atoms with van der Waals surface area (Å²) in [6.45, 7) is 7.03. The van der Waals surface area contributed by atoms with Crippen molar-refractivity contribution < 1.29 is 4.74 Å². The Labute approximate surface area is 117 Å². The van der Waals surface area contributed by atoms with Crippen LogP contribution in [0.25, 0.3) is 0 Å². The second-order valence-electron chi connectivity index (χ2n) is 6.45. The van der Waals surface area contributed by atoms with Crippen molar-refractivity contribution >= 4 is 0 Å². The molecule has 0 spiro atoms. The third-order valence-corrected chi connectivity index (χ3v) is 4.55. The van der Waals surface area contributed by atoms with Crippen molar-refractivity contribution in [1.82, 2.24) is 5.32 Å². The molecule has 1 aliphatic rings. The van der Waals surface area contributed by atoms with E-state index in [-0.39, 0.29) is 0 Å². The standard InChI is InChI=1S/C17H27NO/c1-13(14-8-7-9-15(12-14)19-4)18-16-10-5-6-11-17(16,2)3/h7-9,12-13,16,18H,5-6,10-11H2,1-4H3/t13-,16?/m0/s1. The lowest BCUT2D eigenvalue weighted by molar-refractivity contribution is 0.157. The largest absolute Gasteiger partial charge is 0.497 e. The molecule has 2 rings (SSSR count). The fraction of sp³-hybridized carbons (Fsp3) is 0.647. The van der Waals surface area contributed by atoms with Gasteiger partial charge in [0.25, 0.3) is 0 Å². The number of methoxy groups -OCH3 is 1. The van der Waals surface area contributed by atoms with Gasteiger partial charge in [0.2, 0.25) is 0 Å². The molecule has 106 valence electrons. The van der Waals surface area contributed by atoms with E-state index >= 15 is 0 Å². The molecular formula is C17H27NO. The van der Waals surface area contributed by atoms with E-state index in [4.69, 9.17) is 4.74 Å². The van der Waals surface area contributed by atoms with E-state index in [0.717, 1.165) is 5.75 Å². The van der Waals surface area contributed by atoms with Gasteiger partial charge in [-0.3, -0.25) is 0 Å². The second kappa shape index (κ2) is 5.96. The molecule has 0 radical (unpaired) electrons. The van der Waals surface area contributed by atoms with Crippen LogP contribution in [-0.2, 0) is 0 Å². The normalized spacial score (nSPS) is 23.9. The van der Waals surface area contributed by atoms with Gasteiger partial charge in [0.1, 0.15) is 5.75 Å². The van der Waals surface area contributed by atoms with Crippen LogP contribution in [0.5, 0.6) is 5.75 Å². The van der Waals surface area contributed by atoms with Gasteiger partial charge >= 0.3 is 0 Å². The van der Waals surface area contributed by atoms with Crippen LogP contribution in [0.4, 0.5) is 0 Å². The van der Waals surface area contributed by atoms with E-state index in [9.17, 15) is 0 Å². The first-order chi connectivity index (χ1) is 9.03. The number of hydrogen-bond donors (Lipinski definition) is 1. The van der Waals surface area contributed by atoms with E-state index in [2.05, 4.69) is 44.3 Å². The molecule has 0 saturated heterocycles. The molecule has 2 atom stereocenters. The quantitative estimate of drug-likeness (QED) is 0.871. The molecule has 1 saturated carbocycles. The molecule has 1 fully saturated rings. The first-order valence-electron chi connectivity index (χ1n) is 7.43. The minimum absolute atomic E-state index is 0.373. The topological polar surface area (TPSA) is 21.3 Å². The summed E-state index contributed by atoms with van der Waals surface area (Å²) in [6, 6.07) is 9.36. The molecule has 2 heteroatoms. The van der Waals surface area contributed by atoms with E-state index in [1.165, 1.54) is 31.2 Å². The minimum atomic E-state index is 0.373. The summed E-state index contributed by atoms with van der Waals surface area (Å²) in [7, 11) is 1.72. The summed E-state index contributed by atoms with van der Waals surface area (Å²) in [4.78, 5) is 0. The number of hydrogen-bond acceptors (Lipinski definition) is 2. The molecule has 0 heterocycles. The van der Waals surface area contributed by atoms with E-state index in [0.29, 0.717) is 17.5 Å². The zero-order valence-electron chi connectivity index (χ0n) is 12.7. The van der Waals surface area contributed by atoms with Crippen molar-refractivity contribution in [2.24, 2.45) is 5.41 Å². The Bertz CT molecular complexity index is 413. The molecular weight excluding hydrogens is 234 g/mol. The van der Waals surface area contributed by atoms with Gasteiger partial charge in [-0.15, -0.1) is 0 Å². The molecule has 19 heavy (non-hydrogen) atoms. The van der Waals surface area contributed by atoms with Crippen LogP contribution in [0, 0.1) is 5.41 Å². The molecule has 0 bridgehead atoms. The number of rotatable bonds is 4. The lowest BCUT2D eigenvalue weighted by Crippen LogP contribution is -2.45. The van der Waals surface area contributed by atoms with Gasteiger partial charge in [0.15, 0.2) is 0 Å². The van der Waals surface area contributed by atoms with Crippen molar-refractivity contribution in [1.29, 1.82) is 0 Å². The van der Waals surface area contributed by atoms with Gasteiger partial charge in [0, 0.05) is 12.1 Å². The summed E-state index contributed by atoms with van der Waals surface area (Å²) in [5.41, 5.74) is 1.71. The van der Waals surface area contributed by atoms with Crippen molar-refractivity contribution in [3.8, 4) is 5.75 Å². The summed E-state index contributed by atoms with van der Waals surface area (Å²) < 4.78 is 5.31. The third-order valence-electron chi connectivity index (χ3n) is 4.55. The molecule has 1 N–H and O–H groups in total. The smallest absolute Gasteiger partial charge is 0.119 e. The molecule has 0 aliphatic heterocycles. The van der Waals surface area contributed by atoms with Crippen LogP contribution >= 0.6 is 0 Å². The first-order valence-corrected chi connectivity index (χ1v) is 7.43. The van der Waals surface area contributed by atoms with E-state index in [1.54, 1.807) is 7.11 Å². The predicted molar refractivity (Wildman–Crippen MR) is 80.6 cm³/mol. The molecule has 0 amide bonds. The highest BCUT2D eigenvalue weighted by Gasteiger charge is 2.32. The Hall–Kier alpha value is -1.02. The Morgan fingerprint density at radius 1 is 1.32 bits per heavy atom. The van der Waals surface area contributed by atoms with Gasteiger partial charge in [-0.25, -0.2) is 0 Å². The summed E-state index contributed by atoms with van der Waals surface area (Å²) in [5, 5.41) is 3.82. The maximum absolute atomic E-state index is 5.31. The molecule has 1 aromatic carbocycles. The fourth-order valence-corrected chi connectivity index (χ4v) is 3.11. The van der Waals surface area contributed by atoms with Gasteiger partial charge < -0.3 is 10.1 Å². The summed E-state index contributed by atoms with van der Waals surface area (Å²) in [5.74, 6) is 0.939. The highest BCUT2D eigenvalue weighted by molar-refractivity contribution is 5.30. The third kappa shape index (κ3) is 3.50. The number of benzene rings is 1. The zero-order valence-corrected chi connectivity index (χ0v) is 12.7. The average Bonchev–Trinajstić information content (AvgIpc) is 2.41. The lowest BCUT2D eigenvalue weighted by atomic mass is 9.73. The number of nitrogens with one attached hydrogen (secondary N) is 1. The summed E-state index contributed by atoms with van der Waals surface area (Å²) in [6.07, 6.45) is 5.35. The Morgan fingerprint density at radius 3 is 2.79 bits per heavy atom. The zero-order chi connectivity index (χ0) is 13.9. The maximum atomic E-state index is 5.31. The monoisotopic (exact) mass is 261 g/mol. The van der Waals surface area contributed by atoms with E-state index in [1.807, 2.05) is 6.07 Å². The van der Waals surface area contributed by atoms with E-state index < -0.39 is 0 Å². The number of ether oxygens (including phenoxy) is 1. The van der Waals surface area contributed by atoms with Crippen molar-refractivity contribution in [3.63, 3.8) is 0 Å². The predicted octanol–water partition coefficient (Wildman–Crippen LogP) is 4.31. The molecule has 1 aliphatic carbocycles. The van der Waals surface area contributed by atoms with Crippen molar-refractivity contribution in [2.75, 3.05) is 7.11 Å². The first kappa shape index (κ1) is 14.4. The second-order valence-corrected chi connectivity index (χ2v) is 6.45. The van der Waals surface area contributed by atoms with Gasteiger partial charge in [-0.1, -0.05) is 38.8 Å². The van der Waals surface area contributed by atoms with Crippen LogP contribution in [0.1, 0.15) is 58.1 Å².